The number of benzene rings is 1. The summed E-state index contributed by atoms with van der Waals surface area (Å²) < 4.78 is 4.86. The zero-order valence-electron chi connectivity index (χ0n) is 13.2. The number of H-pyrrole nitrogens is 1. The molecule has 0 radical (unpaired) electrons. The Morgan fingerprint density at radius 1 is 1.32 bits per heavy atom. The van der Waals surface area contributed by atoms with Crippen LogP contribution in [0.3, 0.4) is 0 Å². The first-order chi connectivity index (χ1) is 10.5. The van der Waals surface area contributed by atoms with Crippen molar-refractivity contribution in [2.45, 2.75) is 26.8 Å². The number of aromatic amines is 1. The van der Waals surface area contributed by atoms with Gasteiger partial charge >= 0.3 is 0 Å². The molecule has 3 rings (SSSR count). The van der Waals surface area contributed by atoms with Crippen LogP contribution in [0.4, 0.5) is 0 Å². The zero-order valence-corrected chi connectivity index (χ0v) is 13.2. The number of fused-ring (bicyclic) bond motifs is 1. The summed E-state index contributed by atoms with van der Waals surface area (Å²) >= 11 is 0. The summed E-state index contributed by atoms with van der Waals surface area (Å²) in [5.41, 5.74) is 4.49. The van der Waals surface area contributed by atoms with Crippen LogP contribution in [-0.2, 0) is 0 Å². The molecule has 3 aromatic rings. The van der Waals surface area contributed by atoms with Gasteiger partial charge in [0.05, 0.1) is 6.04 Å². The standard InChI is InChI=1S/C17H19N3O2/c1-10-5-6-15-13(9-10)11(2)16(18-15)17(21)20(4)12(3)14-7-8-22-19-14/h5-9,12,18H,1-4H3/t12-/m0/s1. The Bertz CT molecular complexity index is 818. The van der Waals surface area contributed by atoms with Crippen LogP contribution >= 0.6 is 0 Å². The molecule has 22 heavy (non-hydrogen) atoms. The van der Waals surface area contributed by atoms with E-state index in [2.05, 4.69) is 16.2 Å². The average molecular weight is 297 g/mol. The lowest BCUT2D eigenvalue weighted by Crippen LogP contribution is -2.30. The number of nitrogens with one attached hydrogen (secondary N) is 1. The maximum absolute atomic E-state index is 12.8. The van der Waals surface area contributed by atoms with Crippen molar-refractivity contribution in [3.05, 3.63) is 53.0 Å². The first-order valence-electron chi connectivity index (χ1n) is 7.25. The average Bonchev–Trinajstić information content (AvgIpc) is 3.14. The minimum absolute atomic E-state index is 0.0538. The van der Waals surface area contributed by atoms with E-state index in [9.17, 15) is 4.79 Å². The zero-order chi connectivity index (χ0) is 15.9. The fraction of sp³-hybridized carbons (Fsp3) is 0.294. The number of hydrogen-bond donors (Lipinski definition) is 1. The van der Waals surface area contributed by atoms with Crippen LogP contribution in [0, 0.1) is 13.8 Å². The molecule has 0 saturated heterocycles. The molecule has 5 nitrogen and oxygen atoms in total. The molecule has 1 atom stereocenters. The van der Waals surface area contributed by atoms with Crippen LogP contribution in [0.25, 0.3) is 10.9 Å². The minimum Gasteiger partial charge on any atom is -0.364 e. The van der Waals surface area contributed by atoms with E-state index in [1.807, 2.05) is 32.9 Å². The van der Waals surface area contributed by atoms with Crippen molar-refractivity contribution in [2.24, 2.45) is 0 Å². The number of amides is 1. The number of carbonyl (C=O) groups is 1. The third-order valence-electron chi connectivity index (χ3n) is 4.21. The van der Waals surface area contributed by atoms with Crippen molar-refractivity contribution in [2.75, 3.05) is 7.05 Å². The lowest BCUT2D eigenvalue weighted by atomic mass is 10.1. The van der Waals surface area contributed by atoms with Gasteiger partial charge in [-0.05, 0) is 38.5 Å². The second kappa shape index (κ2) is 5.33. The maximum Gasteiger partial charge on any atom is 0.270 e. The van der Waals surface area contributed by atoms with Crippen LogP contribution in [0.5, 0.6) is 0 Å². The molecule has 0 aliphatic heterocycles. The van der Waals surface area contributed by atoms with Gasteiger partial charge in [0.2, 0.25) is 0 Å². The number of hydrogen-bond acceptors (Lipinski definition) is 3. The lowest BCUT2D eigenvalue weighted by molar-refractivity contribution is 0.0732. The van der Waals surface area contributed by atoms with Gasteiger partial charge in [0.15, 0.2) is 0 Å². The van der Waals surface area contributed by atoms with Crippen LogP contribution in [0.15, 0.2) is 35.1 Å². The van der Waals surface area contributed by atoms with E-state index < -0.39 is 0 Å². The number of nitrogens with zero attached hydrogens (tertiary/aromatic N) is 2. The van der Waals surface area contributed by atoms with Gasteiger partial charge in [0.25, 0.3) is 5.91 Å². The molecule has 0 aliphatic carbocycles. The van der Waals surface area contributed by atoms with Crippen molar-refractivity contribution in [3.8, 4) is 0 Å². The Hall–Kier alpha value is -2.56. The summed E-state index contributed by atoms with van der Waals surface area (Å²) in [7, 11) is 1.78. The van der Waals surface area contributed by atoms with Crippen molar-refractivity contribution in [1.29, 1.82) is 0 Å². The SMILES string of the molecule is Cc1ccc2[nH]c(C(=O)N(C)[C@@H](C)c3ccon3)c(C)c2c1. The summed E-state index contributed by atoms with van der Waals surface area (Å²) in [6.07, 6.45) is 1.51. The van der Waals surface area contributed by atoms with Crippen LogP contribution < -0.4 is 0 Å². The van der Waals surface area contributed by atoms with Crippen LogP contribution in [0.2, 0.25) is 0 Å². The second-order valence-electron chi connectivity index (χ2n) is 5.69. The number of rotatable bonds is 3. The predicted octanol–water partition coefficient (Wildman–Crippen LogP) is 3.61. The summed E-state index contributed by atoms with van der Waals surface area (Å²) in [4.78, 5) is 17.7. The topological polar surface area (TPSA) is 62.1 Å². The number of carbonyl (C=O) groups excluding carboxylic acids is 1. The molecular weight excluding hydrogens is 278 g/mol. The van der Waals surface area contributed by atoms with Crippen molar-refractivity contribution in [1.82, 2.24) is 15.0 Å². The first-order valence-corrected chi connectivity index (χ1v) is 7.25. The minimum atomic E-state index is -0.154. The van der Waals surface area contributed by atoms with E-state index >= 15 is 0 Å². The van der Waals surface area contributed by atoms with Crippen molar-refractivity contribution in [3.63, 3.8) is 0 Å². The van der Waals surface area contributed by atoms with E-state index in [-0.39, 0.29) is 11.9 Å². The van der Waals surface area contributed by atoms with Gasteiger partial charge in [0.1, 0.15) is 17.7 Å². The summed E-state index contributed by atoms with van der Waals surface area (Å²) in [5, 5.41) is 5.00. The maximum atomic E-state index is 12.8. The van der Waals surface area contributed by atoms with Crippen molar-refractivity contribution >= 4 is 16.8 Å². The lowest BCUT2D eigenvalue weighted by Gasteiger charge is -2.22. The predicted molar refractivity (Wildman–Crippen MR) is 84.8 cm³/mol. The molecule has 0 aliphatic rings. The number of aromatic nitrogens is 2. The van der Waals surface area contributed by atoms with Gasteiger partial charge in [-0.1, -0.05) is 16.8 Å². The normalized spacial score (nSPS) is 12.5. The Kier molecular flexibility index (Phi) is 3.48. The fourth-order valence-corrected chi connectivity index (χ4v) is 2.64. The smallest absolute Gasteiger partial charge is 0.270 e. The molecule has 1 N–H and O–H groups in total. The molecule has 0 fully saturated rings. The molecule has 1 aromatic carbocycles. The Morgan fingerprint density at radius 2 is 2.09 bits per heavy atom. The summed E-state index contributed by atoms with van der Waals surface area (Å²) in [6.45, 7) is 5.95. The summed E-state index contributed by atoms with van der Waals surface area (Å²) in [5.74, 6) is -0.0538. The van der Waals surface area contributed by atoms with E-state index in [1.165, 1.54) is 11.8 Å². The Labute approximate surface area is 128 Å². The third-order valence-corrected chi connectivity index (χ3v) is 4.21. The van der Waals surface area contributed by atoms with Crippen LogP contribution in [-0.4, -0.2) is 28.0 Å². The molecular formula is C17H19N3O2. The summed E-state index contributed by atoms with van der Waals surface area (Å²) in [6, 6.07) is 7.76. The second-order valence-corrected chi connectivity index (χ2v) is 5.69. The van der Waals surface area contributed by atoms with Gasteiger partial charge in [-0.25, -0.2) is 0 Å². The largest absolute Gasteiger partial charge is 0.364 e. The highest BCUT2D eigenvalue weighted by Gasteiger charge is 2.24. The third kappa shape index (κ3) is 2.28. The molecule has 0 saturated carbocycles. The molecule has 114 valence electrons. The van der Waals surface area contributed by atoms with E-state index in [4.69, 9.17) is 4.52 Å². The molecule has 2 heterocycles. The molecule has 0 unspecified atom stereocenters. The van der Waals surface area contributed by atoms with E-state index in [0.717, 1.165) is 22.2 Å². The molecule has 1 amide bonds. The molecule has 0 spiro atoms. The number of aryl methyl sites for hydroxylation is 2. The Morgan fingerprint density at radius 3 is 2.77 bits per heavy atom. The van der Waals surface area contributed by atoms with Gasteiger partial charge in [-0.2, -0.15) is 0 Å². The highest BCUT2D eigenvalue weighted by Crippen LogP contribution is 2.26. The monoisotopic (exact) mass is 297 g/mol. The van der Waals surface area contributed by atoms with Gasteiger partial charge in [0, 0.05) is 24.0 Å². The van der Waals surface area contributed by atoms with E-state index in [0.29, 0.717) is 5.69 Å². The molecule has 5 heteroatoms. The van der Waals surface area contributed by atoms with Gasteiger partial charge in [-0.3, -0.25) is 4.79 Å². The van der Waals surface area contributed by atoms with Crippen molar-refractivity contribution < 1.29 is 9.32 Å². The highest BCUT2D eigenvalue weighted by molar-refractivity contribution is 6.01. The fourth-order valence-electron chi connectivity index (χ4n) is 2.64. The first kappa shape index (κ1) is 14.4. The van der Waals surface area contributed by atoms with Crippen LogP contribution in [0.1, 0.15) is 40.3 Å². The Balaban J connectivity index is 1.96. The molecule has 2 aromatic heterocycles. The van der Waals surface area contributed by atoms with E-state index in [1.54, 1.807) is 18.0 Å². The quantitative estimate of drug-likeness (QED) is 0.803. The van der Waals surface area contributed by atoms with Gasteiger partial charge < -0.3 is 14.4 Å². The molecule has 0 bridgehead atoms. The van der Waals surface area contributed by atoms with Gasteiger partial charge in [-0.15, -0.1) is 0 Å². The highest BCUT2D eigenvalue weighted by atomic mass is 16.5.